The highest BCUT2D eigenvalue weighted by Crippen LogP contribution is 2.40. The first-order chi connectivity index (χ1) is 14.4. The Kier molecular flexibility index (Phi) is 6.45. The number of aromatic nitrogens is 2. The fraction of sp³-hybridized carbons (Fsp3) is 0.350. The molecule has 0 atom stereocenters. The number of hydrogen-bond acceptors (Lipinski definition) is 8. The molecule has 3 N–H and O–H groups in total. The lowest BCUT2D eigenvalue weighted by Crippen LogP contribution is -2.45. The second-order valence-electron chi connectivity index (χ2n) is 6.50. The van der Waals surface area contributed by atoms with Gasteiger partial charge in [-0.15, -0.1) is 0 Å². The molecule has 30 heavy (non-hydrogen) atoms. The number of amidine groups is 1. The standard InChI is InChI=1S/C20H25N7O3/c1-5-30-15-7-6-12(2)16(17(15)29-4)25-20(27-9-8-22-13(27)3)26-18(28)14-10-23-19(21)24-11-14/h6-7,10-11H,5,8-9H2,1-4H3,(H2,21,23,24)(H,25,26,28). The SMILES string of the molecule is CCOc1ccc(C)c(N=C(NC(=O)c2cnc(N)nc2)N2CCN=C2C)c1OC. The highest BCUT2D eigenvalue weighted by atomic mass is 16.5. The van der Waals surface area contributed by atoms with Gasteiger partial charge in [-0.05, 0) is 32.4 Å². The molecule has 0 aliphatic carbocycles. The molecule has 1 aromatic heterocycles. The Morgan fingerprint density at radius 2 is 2.03 bits per heavy atom. The molecule has 2 heterocycles. The van der Waals surface area contributed by atoms with Crippen molar-refractivity contribution in [1.29, 1.82) is 0 Å². The minimum Gasteiger partial charge on any atom is -0.491 e. The summed E-state index contributed by atoms with van der Waals surface area (Å²) in [4.78, 5) is 31.5. The fourth-order valence-corrected chi connectivity index (χ4v) is 2.97. The van der Waals surface area contributed by atoms with Crippen LogP contribution in [0.3, 0.4) is 0 Å². The maximum absolute atomic E-state index is 12.8. The van der Waals surface area contributed by atoms with E-state index in [2.05, 4.69) is 20.3 Å². The molecule has 0 saturated carbocycles. The third-order valence-electron chi connectivity index (χ3n) is 4.49. The number of aliphatic imine (C=N–C) groups is 2. The van der Waals surface area contributed by atoms with Crippen LogP contribution in [0.1, 0.15) is 29.8 Å². The number of aryl methyl sites for hydroxylation is 1. The Bertz CT molecular complexity index is 987. The molecule has 0 unspecified atom stereocenters. The van der Waals surface area contributed by atoms with E-state index >= 15 is 0 Å². The van der Waals surface area contributed by atoms with E-state index in [1.54, 1.807) is 7.11 Å². The number of ether oxygens (including phenoxy) is 2. The average molecular weight is 411 g/mol. The molecule has 1 aliphatic rings. The number of anilines is 1. The van der Waals surface area contributed by atoms with Crippen molar-refractivity contribution >= 4 is 29.3 Å². The number of rotatable bonds is 5. The second kappa shape index (κ2) is 9.21. The Hall–Kier alpha value is -3.69. The molecule has 10 heteroatoms. The summed E-state index contributed by atoms with van der Waals surface area (Å²) in [5.74, 6) is 1.83. The van der Waals surface area contributed by atoms with Gasteiger partial charge in [-0.1, -0.05) is 6.07 Å². The predicted molar refractivity (Wildman–Crippen MR) is 115 cm³/mol. The van der Waals surface area contributed by atoms with Crippen molar-refractivity contribution in [2.75, 3.05) is 32.5 Å². The van der Waals surface area contributed by atoms with Crippen molar-refractivity contribution in [3.05, 3.63) is 35.7 Å². The lowest BCUT2D eigenvalue weighted by Gasteiger charge is -2.22. The molecule has 0 spiro atoms. The van der Waals surface area contributed by atoms with Crippen molar-refractivity contribution in [3.8, 4) is 11.5 Å². The quantitative estimate of drug-likeness (QED) is 0.568. The number of nitrogens with one attached hydrogen (secondary N) is 1. The van der Waals surface area contributed by atoms with Crippen molar-refractivity contribution in [1.82, 2.24) is 20.2 Å². The van der Waals surface area contributed by atoms with Crippen LogP contribution in [0.2, 0.25) is 0 Å². The third-order valence-corrected chi connectivity index (χ3v) is 4.49. The topological polar surface area (TPSA) is 127 Å². The third kappa shape index (κ3) is 4.48. The zero-order valence-electron chi connectivity index (χ0n) is 17.5. The maximum Gasteiger partial charge on any atom is 0.261 e. The van der Waals surface area contributed by atoms with Gasteiger partial charge in [0.25, 0.3) is 5.91 Å². The molecular weight excluding hydrogens is 386 g/mol. The summed E-state index contributed by atoms with van der Waals surface area (Å²) < 4.78 is 11.2. The highest BCUT2D eigenvalue weighted by Gasteiger charge is 2.23. The van der Waals surface area contributed by atoms with Crippen LogP contribution in [0.4, 0.5) is 11.6 Å². The molecular formula is C20H25N7O3. The van der Waals surface area contributed by atoms with Crippen LogP contribution in [-0.2, 0) is 0 Å². The zero-order valence-corrected chi connectivity index (χ0v) is 17.5. The van der Waals surface area contributed by atoms with Gasteiger partial charge >= 0.3 is 0 Å². The van der Waals surface area contributed by atoms with Gasteiger partial charge in [0.1, 0.15) is 11.5 Å². The van der Waals surface area contributed by atoms with Gasteiger partial charge in [0.2, 0.25) is 11.9 Å². The first-order valence-electron chi connectivity index (χ1n) is 9.51. The highest BCUT2D eigenvalue weighted by molar-refractivity contribution is 6.11. The normalized spacial score (nSPS) is 13.8. The summed E-state index contributed by atoms with van der Waals surface area (Å²) in [7, 11) is 1.56. The van der Waals surface area contributed by atoms with E-state index in [9.17, 15) is 4.79 Å². The minimum atomic E-state index is -0.411. The van der Waals surface area contributed by atoms with E-state index in [4.69, 9.17) is 20.2 Å². The van der Waals surface area contributed by atoms with E-state index < -0.39 is 5.91 Å². The van der Waals surface area contributed by atoms with Crippen LogP contribution >= 0.6 is 0 Å². The molecule has 10 nitrogen and oxygen atoms in total. The summed E-state index contributed by atoms with van der Waals surface area (Å²) in [5, 5.41) is 2.84. The van der Waals surface area contributed by atoms with Gasteiger partial charge in [0, 0.05) is 18.9 Å². The Labute approximate surface area is 174 Å². The summed E-state index contributed by atoms with van der Waals surface area (Å²) in [6, 6.07) is 3.73. The van der Waals surface area contributed by atoms with Crippen LogP contribution in [0.15, 0.2) is 34.5 Å². The van der Waals surface area contributed by atoms with Crippen molar-refractivity contribution in [2.45, 2.75) is 20.8 Å². The summed E-state index contributed by atoms with van der Waals surface area (Å²) >= 11 is 0. The molecule has 1 aliphatic heterocycles. The Morgan fingerprint density at radius 3 is 2.63 bits per heavy atom. The van der Waals surface area contributed by atoms with Gasteiger partial charge in [-0.25, -0.2) is 15.0 Å². The van der Waals surface area contributed by atoms with Crippen molar-refractivity contribution in [3.63, 3.8) is 0 Å². The number of carbonyl (C=O) groups excluding carboxylic acids is 1. The number of guanidine groups is 1. The average Bonchev–Trinajstić information content (AvgIpc) is 3.16. The predicted octanol–water partition coefficient (Wildman–Crippen LogP) is 1.93. The number of nitrogen functional groups attached to an aromatic ring is 1. The molecule has 0 radical (unpaired) electrons. The molecule has 2 aromatic rings. The number of methoxy groups -OCH3 is 1. The Morgan fingerprint density at radius 1 is 1.30 bits per heavy atom. The van der Waals surface area contributed by atoms with E-state index in [-0.39, 0.29) is 11.5 Å². The maximum atomic E-state index is 12.8. The zero-order chi connectivity index (χ0) is 21.7. The summed E-state index contributed by atoms with van der Waals surface area (Å²) in [6.45, 7) is 7.36. The van der Waals surface area contributed by atoms with Crippen LogP contribution in [0, 0.1) is 6.92 Å². The van der Waals surface area contributed by atoms with Crippen molar-refractivity contribution in [2.24, 2.45) is 9.98 Å². The first-order valence-corrected chi connectivity index (χ1v) is 9.51. The number of hydrogen-bond donors (Lipinski definition) is 2. The smallest absolute Gasteiger partial charge is 0.261 e. The van der Waals surface area contributed by atoms with Gasteiger partial charge in [0.15, 0.2) is 11.5 Å². The molecule has 0 saturated heterocycles. The number of carbonyl (C=O) groups is 1. The van der Waals surface area contributed by atoms with Crippen molar-refractivity contribution < 1.29 is 14.3 Å². The summed E-state index contributed by atoms with van der Waals surface area (Å²) in [6.07, 6.45) is 2.73. The van der Waals surface area contributed by atoms with E-state index in [1.807, 2.05) is 37.8 Å². The molecule has 3 rings (SSSR count). The molecule has 0 bridgehead atoms. The molecule has 158 valence electrons. The van der Waals surface area contributed by atoms with Gasteiger partial charge < -0.3 is 15.2 Å². The fourth-order valence-electron chi connectivity index (χ4n) is 2.97. The number of benzene rings is 1. The van der Waals surface area contributed by atoms with Gasteiger partial charge in [-0.2, -0.15) is 0 Å². The van der Waals surface area contributed by atoms with Gasteiger partial charge in [0.05, 0.1) is 25.8 Å². The van der Waals surface area contributed by atoms with E-state index in [1.165, 1.54) is 12.4 Å². The lowest BCUT2D eigenvalue weighted by atomic mass is 10.1. The number of nitrogens with two attached hydrogens (primary N) is 1. The minimum absolute atomic E-state index is 0.0936. The summed E-state index contributed by atoms with van der Waals surface area (Å²) in [5.41, 5.74) is 7.20. The van der Waals surface area contributed by atoms with Crippen LogP contribution in [-0.4, -0.2) is 59.4 Å². The first kappa shape index (κ1) is 21.0. The largest absolute Gasteiger partial charge is 0.491 e. The molecule has 1 amide bonds. The van der Waals surface area contributed by atoms with Crippen LogP contribution in [0.5, 0.6) is 11.5 Å². The van der Waals surface area contributed by atoms with E-state index in [0.717, 1.165) is 11.4 Å². The van der Waals surface area contributed by atoms with Gasteiger partial charge in [-0.3, -0.25) is 20.0 Å². The monoisotopic (exact) mass is 411 g/mol. The second-order valence-corrected chi connectivity index (χ2v) is 6.50. The molecule has 0 fully saturated rings. The lowest BCUT2D eigenvalue weighted by molar-refractivity contribution is 0.0973. The van der Waals surface area contributed by atoms with E-state index in [0.29, 0.717) is 42.8 Å². The number of amides is 1. The van der Waals surface area contributed by atoms with Crippen LogP contribution < -0.4 is 20.5 Å². The number of nitrogens with zero attached hydrogens (tertiary/aromatic N) is 5. The molecule has 1 aromatic carbocycles. The van der Waals surface area contributed by atoms with Crippen LogP contribution in [0.25, 0.3) is 0 Å². The Balaban J connectivity index is 2.04.